The topological polar surface area (TPSA) is 76.0 Å². The molecule has 1 N–H and O–H groups in total. The number of benzene rings is 2. The maximum atomic E-state index is 12.7. The van der Waals surface area contributed by atoms with Crippen molar-refractivity contribution in [3.05, 3.63) is 70.7 Å². The zero-order valence-corrected chi connectivity index (χ0v) is 18.4. The molecule has 0 radical (unpaired) electrons. The summed E-state index contributed by atoms with van der Waals surface area (Å²) in [6.45, 7) is 5.09. The minimum absolute atomic E-state index is 0.189. The highest BCUT2D eigenvalue weighted by atomic mass is 32.1. The van der Waals surface area contributed by atoms with Gasteiger partial charge >= 0.3 is 0 Å². The molecule has 3 heterocycles. The number of aromatic nitrogens is 1. The molecule has 1 amide bonds. The van der Waals surface area contributed by atoms with E-state index in [4.69, 9.17) is 14.5 Å². The fourth-order valence-electron chi connectivity index (χ4n) is 3.88. The second-order valence-electron chi connectivity index (χ2n) is 7.67. The second-order valence-corrected chi connectivity index (χ2v) is 8.56. The number of nitrogens with zero attached hydrogens (tertiary/aromatic N) is 3. The number of ether oxygens (including phenoxy) is 2. The highest BCUT2D eigenvalue weighted by Gasteiger charge is 2.22. The molecule has 2 aromatic carbocycles. The molecule has 0 spiro atoms. The maximum Gasteiger partial charge on any atom is 0.259 e. The molecule has 0 bridgehead atoms. The Hall–Kier alpha value is -3.07. The van der Waals surface area contributed by atoms with E-state index in [0.29, 0.717) is 23.7 Å². The van der Waals surface area contributed by atoms with Crippen LogP contribution < -0.4 is 10.1 Å². The van der Waals surface area contributed by atoms with E-state index in [9.17, 15) is 4.79 Å². The average Bonchev–Trinajstić information content (AvgIpc) is 3.50. The van der Waals surface area contributed by atoms with E-state index in [-0.39, 0.29) is 5.91 Å². The fourth-order valence-corrected chi connectivity index (χ4v) is 4.41. The van der Waals surface area contributed by atoms with Crippen LogP contribution in [0.1, 0.15) is 21.5 Å². The van der Waals surface area contributed by atoms with Gasteiger partial charge in [0.15, 0.2) is 5.13 Å². The summed E-state index contributed by atoms with van der Waals surface area (Å²) < 4.78 is 11.3. The van der Waals surface area contributed by atoms with E-state index >= 15 is 0 Å². The highest BCUT2D eigenvalue weighted by molar-refractivity contribution is 7.13. The van der Waals surface area contributed by atoms with Crippen molar-refractivity contribution >= 4 is 33.8 Å². The van der Waals surface area contributed by atoms with Crippen LogP contribution in [0.25, 0.3) is 0 Å². The largest absolute Gasteiger partial charge is 0.492 e. The van der Waals surface area contributed by atoms with E-state index < -0.39 is 0 Å². The number of hydrogen-bond donors (Lipinski definition) is 1. The van der Waals surface area contributed by atoms with Gasteiger partial charge in [0.25, 0.3) is 5.91 Å². The summed E-state index contributed by atoms with van der Waals surface area (Å²) >= 11 is 1.39. The molecule has 1 fully saturated rings. The van der Waals surface area contributed by atoms with Crippen molar-refractivity contribution in [2.45, 2.75) is 6.42 Å². The Kier molecular flexibility index (Phi) is 6.24. The van der Waals surface area contributed by atoms with E-state index in [1.54, 1.807) is 12.3 Å². The van der Waals surface area contributed by atoms with Gasteiger partial charge in [-0.25, -0.2) is 4.98 Å². The standard InChI is InChI=1S/C24H24N4O3S/c29-23(27-24-25-8-15-32-24)20-3-1-2-18-16-21(26-22(18)20)17-4-6-19(7-5-17)31-14-11-28-9-12-30-13-10-28/h1-8,15H,9-14,16H2,(H,25,27,29). The van der Waals surface area contributed by atoms with E-state index in [1.807, 2.05) is 41.8 Å². The number of para-hydroxylation sites is 1. The van der Waals surface area contributed by atoms with Gasteiger partial charge in [-0.05, 0) is 41.5 Å². The molecule has 1 saturated heterocycles. The predicted octanol–water partition coefficient (Wildman–Crippen LogP) is 3.78. The van der Waals surface area contributed by atoms with Gasteiger partial charge in [0.2, 0.25) is 0 Å². The first-order valence-electron chi connectivity index (χ1n) is 10.7. The minimum Gasteiger partial charge on any atom is -0.492 e. The first kappa shape index (κ1) is 20.8. The van der Waals surface area contributed by atoms with Crippen LogP contribution in [0, 0.1) is 0 Å². The van der Waals surface area contributed by atoms with Crippen LogP contribution in [0.3, 0.4) is 0 Å². The van der Waals surface area contributed by atoms with Crippen molar-refractivity contribution < 1.29 is 14.3 Å². The Labute approximate surface area is 190 Å². The summed E-state index contributed by atoms with van der Waals surface area (Å²) in [6.07, 6.45) is 2.37. The first-order valence-corrected chi connectivity index (χ1v) is 11.6. The molecule has 0 saturated carbocycles. The van der Waals surface area contributed by atoms with Crippen molar-refractivity contribution in [3.8, 4) is 5.75 Å². The van der Waals surface area contributed by atoms with E-state index in [2.05, 4.69) is 15.2 Å². The lowest BCUT2D eigenvalue weighted by Gasteiger charge is -2.26. The molecule has 2 aliphatic rings. The number of carbonyl (C=O) groups excluding carboxylic acids is 1. The molecule has 32 heavy (non-hydrogen) atoms. The summed E-state index contributed by atoms with van der Waals surface area (Å²) in [5.41, 5.74) is 4.35. The van der Waals surface area contributed by atoms with Crippen LogP contribution in [0.15, 0.2) is 59.0 Å². The minimum atomic E-state index is -0.189. The average molecular weight is 449 g/mol. The van der Waals surface area contributed by atoms with Crippen molar-refractivity contribution in [1.82, 2.24) is 9.88 Å². The first-order chi connectivity index (χ1) is 15.8. The van der Waals surface area contributed by atoms with Crippen LogP contribution in [-0.2, 0) is 11.2 Å². The molecular formula is C24H24N4O3S. The van der Waals surface area contributed by atoms with Gasteiger partial charge < -0.3 is 9.47 Å². The Morgan fingerprint density at radius 2 is 2.00 bits per heavy atom. The summed E-state index contributed by atoms with van der Waals surface area (Å²) in [5, 5.41) is 5.26. The molecule has 0 unspecified atom stereocenters. The van der Waals surface area contributed by atoms with E-state index in [0.717, 1.165) is 61.1 Å². The number of aliphatic imine (C=N–C) groups is 1. The lowest BCUT2D eigenvalue weighted by atomic mass is 10.0. The third-order valence-electron chi connectivity index (χ3n) is 5.59. The number of nitrogens with one attached hydrogen (secondary N) is 1. The molecule has 0 aliphatic carbocycles. The summed E-state index contributed by atoms with van der Waals surface area (Å²) in [5.74, 6) is 0.660. The molecule has 164 valence electrons. The van der Waals surface area contributed by atoms with Crippen LogP contribution in [0.4, 0.5) is 10.8 Å². The number of carbonyl (C=O) groups is 1. The van der Waals surface area contributed by atoms with Crippen molar-refractivity contribution in [3.63, 3.8) is 0 Å². The number of anilines is 1. The highest BCUT2D eigenvalue weighted by Crippen LogP contribution is 2.33. The monoisotopic (exact) mass is 448 g/mol. The van der Waals surface area contributed by atoms with Gasteiger partial charge in [0, 0.05) is 37.6 Å². The molecule has 5 rings (SSSR count). The summed E-state index contributed by atoms with van der Waals surface area (Å²) in [6, 6.07) is 13.8. The molecule has 3 aromatic rings. The number of fused-ring (bicyclic) bond motifs is 1. The smallest absolute Gasteiger partial charge is 0.259 e. The van der Waals surface area contributed by atoms with Gasteiger partial charge in [-0.2, -0.15) is 0 Å². The lowest BCUT2D eigenvalue weighted by molar-refractivity contribution is 0.0322. The number of morpholine rings is 1. The van der Waals surface area contributed by atoms with Crippen LogP contribution in [-0.4, -0.2) is 61.0 Å². The predicted molar refractivity (Wildman–Crippen MR) is 126 cm³/mol. The zero-order valence-electron chi connectivity index (χ0n) is 17.6. The lowest BCUT2D eigenvalue weighted by Crippen LogP contribution is -2.38. The van der Waals surface area contributed by atoms with Crippen molar-refractivity contribution in [2.75, 3.05) is 44.8 Å². The molecule has 1 aromatic heterocycles. The Balaban J connectivity index is 1.24. The van der Waals surface area contributed by atoms with Gasteiger partial charge in [0.05, 0.1) is 30.2 Å². The summed E-state index contributed by atoms with van der Waals surface area (Å²) in [7, 11) is 0. The quantitative estimate of drug-likeness (QED) is 0.595. The Morgan fingerprint density at radius 3 is 2.78 bits per heavy atom. The number of rotatable bonds is 7. The Morgan fingerprint density at radius 1 is 1.16 bits per heavy atom. The molecule has 0 atom stereocenters. The zero-order chi connectivity index (χ0) is 21.8. The maximum absolute atomic E-state index is 12.7. The third kappa shape index (κ3) is 4.72. The van der Waals surface area contributed by atoms with Crippen LogP contribution in [0.5, 0.6) is 5.75 Å². The fraction of sp³-hybridized carbons (Fsp3) is 0.292. The van der Waals surface area contributed by atoms with Gasteiger partial charge in [-0.3, -0.25) is 20.0 Å². The number of thiazole rings is 1. The molecular weight excluding hydrogens is 424 g/mol. The molecule has 8 heteroatoms. The van der Waals surface area contributed by atoms with Crippen molar-refractivity contribution in [1.29, 1.82) is 0 Å². The number of hydrogen-bond acceptors (Lipinski definition) is 7. The Bertz CT molecular complexity index is 1110. The second kappa shape index (κ2) is 9.60. The number of amides is 1. The van der Waals surface area contributed by atoms with E-state index in [1.165, 1.54) is 11.3 Å². The van der Waals surface area contributed by atoms with Gasteiger partial charge in [0.1, 0.15) is 12.4 Å². The van der Waals surface area contributed by atoms with Gasteiger partial charge in [-0.15, -0.1) is 11.3 Å². The van der Waals surface area contributed by atoms with Gasteiger partial charge in [-0.1, -0.05) is 12.1 Å². The van der Waals surface area contributed by atoms with Crippen molar-refractivity contribution in [2.24, 2.45) is 4.99 Å². The SMILES string of the molecule is O=C(Nc1nccs1)c1cccc2c1N=C(c1ccc(OCCN3CCOCC3)cc1)C2. The molecule has 7 nitrogen and oxygen atoms in total. The summed E-state index contributed by atoms with van der Waals surface area (Å²) in [4.78, 5) is 24.0. The van der Waals surface area contributed by atoms with Crippen LogP contribution >= 0.6 is 11.3 Å². The van der Waals surface area contributed by atoms with Crippen LogP contribution in [0.2, 0.25) is 0 Å². The normalized spacial score (nSPS) is 15.8. The molecule has 2 aliphatic heterocycles. The third-order valence-corrected chi connectivity index (χ3v) is 6.28.